The van der Waals surface area contributed by atoms with E-state index in [-0.39, 0.29) is 42.6 Å². The van der Waals surface area contributed by atoms with Gasteiger partial charge in [0.15, 0.2) is 0 Å². The van der Waals surface area contributed by atoms with Gasteiger partial charge in [-0.15, -0.1) is 12.4 Å². The number of para-hydroxylation sites is 2. The summed E-state index contributed by atoms with van der Waals surface area (Å²) < 4.78 is 7.33. The highest BCUT2D eigenvalue weighted by Gasteiger charge is 2.41. The largest absolute Gasteiger partial charge is 0.495 e. The first-order chi connectivity index (χ1) is 13.6. The van der Waals surface area contributed by atoms with Gasteiger partial charge in [-0.1, -0.05) is 12.1 Å². The van der Waals surface area contributed by atoms with E-state index in [2.05, 4.69) is 10.3 Å². The fourth-order valence-electron chi connectivity index (χ4n) is 4.09. The van der Waals surface area contributed by atoms with Crippen LogP contribution >= 0.6 is 12.4 Å². The number of halogens is 1. The zero-order valence-corrected chi connectivity index (χ0v) is 17.4. The van der Waals surface area contributed by atoms with Crippen LogP contribution in [0.25, 0.3) is 0 Å². The number of piperazine rings is 1. The fourth-order valence-corrected chi connectivity index (χ4v) is 4.09. The molecule has 156 valence electrons. The number of aromatic nitrogens is 2. The maximum absolute atomic E-state index is 13.3. The second-order valence-corrected chi connectivity index (χ2v) is 7.23. The van der Waals surface area contributed by atoms with Crippen molar-refractivity contribution in [1.29, 1.82) is 0 Å². The predicted molar refractivity (Wildman–Crippen MR) is 111 cm³/mol. The molecule has 4 rings (SSSR count). The molecule has 1 N–H and O–H groups in total. The van der Waals surface area contributed by atoms with Crippen molar-refractivity contribution < 1.29 is 14.3 Å². The Morgan fingerprint density at radius 3 is 2.83 bits per heavy atom. The Hall–Kier alpha value is -2.58. The number of rotatable bonds is 4. The average molecular weight is 420 g/mol. The molecule has 2 atom stereocenters. The van der Waals surface area contributed by atoms with Gasteiger partial charge in [0, 0.05) is 52.0 Å². The molecule has 3 heterocycles. The van der Waals surface area contributed by atoms with Crippen LogP contribution in [0.3, 0.4) is 0 Å². The third-order valence-electron chi connectivity index (χ3n) is 5.53. The molecule has 2 aliphatic heterocycles. The molecule has 2 aromatic rings. The quantitative estimate of drug-likeness (QED) is 0.809. The molecule has 0 bridgehead atoms. The van der Waals surface area contributed by atoms with Crippen molar-refractivity contribution in [2.24, 2.45) is 13.0 Å². The monoisotopic (exact) mass is 419 g/mol. The van der Waals surface area contributed by atoms with E-state index in [0.717, 1.165) is 12.4 Å². The van der Waals surface area contributed by atoms with E-state index in [1.165, 1.54) is 0 Å². The lowest BCUT2D eigenvalue weighted by Gasteiger charge is -2.37. The van der Waals surface area contributed by atoms with Crippen molar-refractivity contribution in [2.45, 2.75) is 12.5 Å². The van der Waals surface area contributed by atoms with E-state index in [1.807, 2.05) is 47.0 Å². The smallest absolute Gasteiger partial charge is 0.228 e. The normalized spacial score (nSPS) is 21.8. The molecule has 8 nitrogen and oxygen atoms in total. The number of benzene rings is 1. The van der Waals surface area contributed by atoms with Gasteiger partial charge in [-0.05, 0) is 12.1 Å². The first-order valence-electron chi connectivity index (χ1n) is 9.52. The van der Waals surface area contributed by atoms with Gasteiger partial charge in [-0.2, -0.15) is 0 Å². The molecule has 0 spiro atoms. The molecular formula is C20H26ClN5O3. The van der Waals surface area contributed by atoms with E-state index in [1.54, 1.807) is 18.2 Å². The maximum atomic E-state index is 13.3. The van der Waals surface area contributed by atoms with Crippen LogP contribution in [-0.2, 0) is 16.6 Å². The number of methoxy groups -OCH3 is 1. The van der Waals surface area contributed by atoms with Gasteiger partial charge in [0.1, 0.15) is 17.6 Å². The second kappa shape index (κ2) is 8.84. The van der Waals surface area contributed by atoms with Crippen molar-refractivity contribution in [3.63, 3.8) is 0 Å². The second-order valence-electron chi connectivity index (χ2n) is 7.23. The number of amides is 2. The molecular weight excluding hydrogens is 394 g/mol. The van der Waals surface area contributed by atoms with E-state index >= 15 is 0 Å². The van der Waals surface area contributed by atoms with Crippen LogP contribution in [0.15, 0.2) is 36.7 Å². The first kappa shape index (κ1) is 21.1. The highest BCUT2D eigenvalue weighted by molar-refractivity contribution is 6.01. The van der Waals surface area contributed by atoms with Gasteiger partial charge in [0.2, 0.25) is 11.8 Å². The van der Waals surface area contributed by atoms with Crippen molar-refractivity contribution in [3.8, 4) is 5.75 Å². The van der Waals surface area contributed by atoms with E-state index < -0.39 is 0 Å². The summed E-state index contributed by atoms with van der Waals surface area (Å²) in [5.74, 6) is 1.09. The van der Waals surface area contributed by atoms with Gasteiger partial charge in [0.25, 0.3) is 0 Å². The van der Waals surface area contributed by atoms with Gasteiger partial charge in [0.05, 0.1) is 18.7 Å². The Morgan fingerprint density at radius 1 is 1.31 bits per heavy atom. The Balaban J connectivity index is 0.00000240. The Bertz CT molecular complexity index is 887. The van der Waals surface area contributed by atoms with Crippen LogP contribution in [0, 0.1) is 5.92 Å². The number of carbonyl (C=O) groups excluding carboxylic acids is 2. The SMILES string of the molecule is COc1ccccc1N1CC(C(=O)N2CCNCC2c2nccn2C)CC1=O.Cl. The molecule has 2 unspecified atom stereocenters. The number of hydrogen-bond acceptors (Lipinski definition) is 5. The topological polar surface area (TPSA) is 79.7 Å². The summed E-state index contributed by atoms with van der Waals surface area (Å²) in [6.07, 6.45) is 3.85. The molecule has 1 aromatic carbocycles. The third kappa shape index (κ3) is 3.95. The summed E-state index contributed by atoms with van der Waals surface area (Å²) in [6, 6.07) is 7.28. The van der Waals surface area contributed by atoms with E-state index in [4.69, 9.17) is 4.74 Å². The highest BCUT2D eigenvalue weighted by Crippen LogP contribution is 2.34. The fraction of sp³-hybridized carbons (Fsp3) is 0.450. The predicted octanol–water partition coefficient (Wildman–Crippen LogP) is 1.38. The van der Waals surface area contributed by atoms with Crippen molar-refractivity contribution >= 4 is 29.9 Å². The number of nitrogens with one attached hydrogen (secondary N) is 1. The summed E-state index contributed by atoms with van der Waals surface area (Å²) in [5.41, 5.74) is 0.714. The molecule has 9 heteroatoms. The molecule has 0 radical (unpaired) electrons. The lowest BCUT2D eigenvalue weighted by Crippen LogP contribution is -2.51. The minimum absolute atomic E-state index is 0. The van der Waals surface area contributed by atoms with Crippen molar-refractivity contribution in [3.05, 3.63) is 42.5 Å². The Morgan fingerprint density at radius 2 is 2.10 bits per heavy atom. The van der Waals surface area contributed by atoms with Crippen LogP contribution in [0.1, 0.15) is 18.3 Å². The summed E-state index contributed by atoms with van der Waals surface area (Å²) in [5, 5.41) is 3.34. The standard InChI is InChI=1S/C20H25N5O3.ClH/c1-23-9-8-22-19(23)16-12-21-7-10-24(16)20(27)14-11-18(26)25(13-14)15-5-3-4-6-17(15)28-2;/h3-6,8-9,14,16,21H,7,10-13H2,1-2H3;1H. The number of imidazole rings is 1. The molecule has 1 aromatic heterocycles. The molecule has 2 fully saturated rings. The summed E-state index contributed by atoms with van der Waals surface area (Å²) in [4.78, 5) is 34.0. The number of nitrogens with zero attached hydrogens (tertiary/aromatic N) is 4. The molecule has 29 heavy (non-hydrogen) atoms. The molecule has 0 saturated carbocycles. The molecule has 2 aliphatic rings. The Kier molecular flexibility index (Phi) is 6.44. The summed E-state index contributed by atoms with van der Waals surface area (Å²) in [7, 11) is 3.52. The summed E-state index contributed by atoms with van der Waals surface area (Å²) in [6.45, 7) is 2.38. The minimum Gasteiger partial charge on any atom is -0.495 e. The zero-order valence-electron chi connectivity index (χ0n) is 16.6. The summed E-state index contributed by atoms with van der Waals surface area (Å²) >= 11 is 0. The van der Waals surface area contributed by atoms with Crippen LogP contribution in [0.4, 0.5) is 5.69 Å². The first-order valence-corrected chi connectivity index (χ1v) is 9.52. The average Bonchev–Trinajstić information content (AvgIpc) is 3.33. The third-order valence-corrected chi connectivity index (χ3v) is 5.53. The number of ether oxygens (including phenoxy) is 1. The van der Waals surface area contributed by atoms with Crippen LogP contribution in [0.2, 0.25) is 0 Å². The maximum Gasteiger partial charge on any atom is 0.228 e. The Labute approximate surface area is 176 Å². The lowest BCUT2D eigenvalue weighted by atomic mass is 10.0. The number of anilines is 1. The number of carbonyl (C=O) groups is 2. The molecule has 2 amide bonds. The van der Waals surface area contributed by atoms with Crippen molar-refractivity contribution in [1.82, 2.24) is 19.8 Å². The molecule has 0 aliphatic carbocycles. The molecule has 2 saturated heterocycles. The van der Waals surface area contributed by atoms with Crippen LogP contribution < -0.4 is 15.0 Å². The van der Waals surface area contributed by atoms with Gasteiger partial charge in [-0.25, -0.2) is 4.98 Å². The van der Waals surface area contributed by atoms with E-state index in [0.29, 0.717) is 31.1 Å². The highest BCUT2D eigenvalue weighted by atomic mass is 35.5. The van der Waals surface area contributed by atoms with Gasteiger partial charge < -0.3 is 24.4 Å². The lowest BCUT2D eigenvalue weighted by molar-refractivity contribution is -0.139. The van der Waals surface area contributed by atoms with Gasteiger partial charge in [-0.3, -0.25) is 9.59 Å². The van der Waals surface area contributed by atoms with Crippen molar-refractivity contribution in [2.75, 3.05) is 38.2 Å². The number of aryl methyl sites for hydroxylation is 1. The number of hydrogen-bond donors (Lipinski definition) is 1. The van der Waals surface area contributed by atoms with E-state index in [9.17, 15) is 9.59 Å². The van der Waals surface area contributed by atoms with Crippen LogP contribution in [0.5, 0.6) is 5.75 Å². The zero-order chi connectivity index (χ0) is 19.7. The minimum atomic E-state index is -0.363. The van der Waals surface area contributed by atoms with Crippen LogP contribution in [-0.4, -0.2) is 59.6 Å². The van der Waals surface area contributed by atoms with Gasteiger partial charge >= 0.3 is 0 Å².